The van der Waals surface area contributed by atoms with Gasteiger partial charge in [-0.05, 0) is 69.1 Å². The van der Waals surface area contributed by atoms with E-state index in [1.807, 2.05) is 0 Å². The van der Waals surface area contributed by atoms with E-state index in [4.69, 9.17) is 0 Å². The fourth-order valence-corrected chi connectivity index (χ4v) is 4.15. The Morgan fingerprint density at radius 2 is 1.50 bits per heavy atom. The topological polar surface area (TPSA) is 0 Å². The van der Waals surface area contributed by atoms with Crippen LogP contribution in [0, 0.1) is 23.7 Å². The summed E-state index contributed by atoms with van der Waals surface area (Å²) in [7, 11) is 0. The van der Waals surface area contributed by atoms with Crippen LogP contribution in [-0.4, -0.2) is 18.3 Å². The van der Waals surface area contributed by atoms with Gasteiger partial charge in [-0.15, -0.1) is 0 Å². The molecule has 118 valence electrons. The van der Waals surface area contributed by atoms with E-state index in [-0.39, 0.29) is 30.1 Å². The quantitative estimate of drug-likeness (QED) is 0.598. The van der Waals surface area contributed by atoms with Crippen molar-refractivity contribution in [2.24, 2.45) is 23.7 Å². The highest BCUT2D eigenvalue weighted by atomic mass is 19.3. The smallest absolute Gasteiger partial charge is 0.244 e. The highest BCUT2D eigenvalue weighted by Gasteiger charge is 2.43. The molecule has 0 nitrogen and oxygen atoms in total. The fraction of sp³-hybridized carbons (Fsp3) is 1.00. The number of alkyl halides is 4. The van der Waals surface area contributed by atoms with Gasteiger partial charge in [0.05, 0.1) is 0 Å². The molecule has 0 amide bonds. The van der Waals surface area contributed by atoms with Gasteiger partial charge in [0.1, 0.15) is 12.3 Å². The van der Waals surface area contributed by atoms with Gasteiger partial charge in [0.2, 0.25) is 5.92 Å². The van der Waals surface area contributed by atoms with Crippen LogP contribution in [0.4, 0.5) is 17.6 Å². The van der Waals surface area contributed by atoms with Gasteiger partial charge in [-0.25, -0.2) is 17.6 Å². The molecule has 0 bridgehead atoms. The van der Waals surface area contributed by atoms with E-state index in [1.54, 1.807) is 6.92 Å². The first kappa shape index (κ1) is 16.1. The largest absolute Gasteiger partial charge is 0.245 e. The minimum atomic E-state index is -2.61. The molecule has 0 radical (unpaired) electrons. The fourth-order valence-electron chi connectivity index (χ4n) is 4.15. The van der Waals surface area contributed by atoms with Crippen LogP contribution in [-0.2, 0) is 0 Å². The second kappa shape index (κ2) is 6.23. The van der Waals surface area contributed by atoms with Crippen LogP contribution < -0.4 is 0 Å². The molecule has 0 aromatic heterocycles. The molecule has 0 N–H and O–H groups in total. The molecule has 20 heavy (non-hydrogen) atoms. The first-order chi connectivity index (χ1) is 9.28. The van der Waals surface area contributed by atoms with Gasteiger partial charge in [-0.1, -0.05) is 6.92 Å². The zero-order valence-electron chi connectivity index (χ0n) is 12.4. The lowest BCUT2D eigenvalue weighted by Gasteiger charge is -2.40. The predicted molar refractivity (Wildman–Crippen MR) is 72.4 cm³/mol. The van der Waals surface area contributed by atoms with E-state index >= 15 is 0 Å². The third-order valence-electron chi connectivity index (χ3n) is 5.36. The van der Waals surface area contributed by atoms with Crippen molar-refractivity contribution in [3.63, 3.8) is 0 Å². The molecule has 0 spiro atoms. The van der Waals surface area contributed by atoms with Crippen molar-refractivity contribution >= 4 is 0 Å². The summed E-state index contributed by atoms with van der Waals surface area (Å²) in [6, 6.07) is 0. The molecule has 4 heteroatoms. The maximum atomic E-state index is 14.1. The number of hydrogen-bond donors (Lipinski definition) is 0. The number of rotatable bonds is 3. The van der Waals surface area contributed by atoms with Gasteiger partial charge < -0.3 is 0 Å². The van der Waals surface area contributed by atoms with Crippen LogP contribution in [0.3, 0.4) is 0 Å². The van der Waals surface area contributed by atoms with E-state index < -0.39 is 18.3 Å². The molecule has 0 aromatic rings. The van der Waals surface area contributed by atoms with Crippen molar-refractivity contribution in [3.05, 3.63) is 0 Å². The van der Waals surface area contributed by atoms with Crippen LogP contribution >= 0.6 is 0 Å². The summed E-state index contributed by atoms with van der Waals surface area (Å²) in [5.41, 5.74) is 0. The average molecular weight is 294 g/mol. The van der Waals surface area contributed by atoms with Crippen LogP contribution in [0.2, 0.25) is 0 Å². The normalized spacial score (nSPS) is 43.5. The Kier molecular flexibility index (Phi) is 5.01. The Morgan fingerprint density at radius 1 is 0.900 bits per heavy atom. The molecule has 4 unspecified atom stereocenters. The minimum absolute atomic E-state index is 0.0491. The summed E-state index contributed by atoms with van der Waals surface area (Å²) in [5, 5.41) is 0. The van der Waals surface area contributed by atoms with Gasteiger partial charge in [0.15, 0.2) is 0 Å². The lowest BCUT2D eigenvalue weighted by molar-refractivity contribution is -0.0267. The molecule has 0 saturated heterocycles. The summed E-state index contributed by atoms with van der Waals surface area (Å²) in [5.74, 6) is -2.74. The maximum absolute atomic E-state index is 14.1. The van der Waals surface area contributed by atoms with Crippen molar-refractivity contribution in [1.29, 1.82) is 0 Å². The Labute approximate surface area is 119 Å². The Hall–Kier alpha value is -0.280. The molecular weight excluding hydrogens is 268 g/mol. The number of hydrogen-bond acceptors (Lipinski definition) is 0. The number of halogens is 4. The molecule has 0 heterocycles. The molecule has 2 saturated carbocycles. The summed E-state index contributed by atoms with van der Waals surface area (Å²) in [4.78, 5) is 0. The van der Waals surface area contributed by atoms with E-state index in [1.165, 1.54) is 0 Å². The summed E-state index contributed by atoms with van der Waals surface area (Å²) in [6.45, 7) is 2.74. The Balaban J connectivity index is 1.85. The van der Waals surface area contributed by atoms with Gasteiger partial charge in [-0.3, -0.25) is 0 Å². The third kappa shape index (κ3) is 3.88. The van der Waals surface area contributed by atoms with Crippen LogP contribution in [0.25, 0.3) is 0 Å². The Morgan fingerprint density at radius 3 is 2.05 bits per heavy atom. The van der Waals surface area contributed by atoms with Crippen LogP contribution in [0.15, 0.2) is 0 Å². The summed E-state index contributed by atoms with van der Waals surface area (Å²) in [6.07, 6.45) is 1.79. The first-order valence-corrected chi connectivity index (χ1v) is 7.94. The van der Waals surface area contributed by atoms with E-state index in [2.05, 4.69) is 0 Å². The molecule has 0 aromatic carbocycles. The standard InChI is InChI=1S/C16H26F4/c1-10-3-8-13(15(18)14(10)17)12-6-4-11(5-7-12)9-16(2,19)20/h10-15H,3-9H2,1-2H3. The van der Waals surface area contributed by atoms with Crippen molar-refractivity contribution in [2.75, 3.05) is 0 Å². The minimum Gasteiger partial charge on any atom is -0.244 e. The lowest BCUT2D eigenvalue weighted by Crippen LogP contribution is -2.41. The monoisotopic (exact) mass is 294 g/mol. The summed E-state index contributed by atoms with van der Waals surface area (Å²) < 4.78 is 54.0. The van der Waals surface area contributed by atoms with Gasteiger partial charge >= 0.3 is 0 Å². The highest BCUT2D eigenvalue weighted by Crippen LogP contribution is 2.45. The van der Waals surface area contributed by atoms with Gasteiger partial charge in [0, 0.05) is 6.42 Å². The molecule has 0 aliphatic heterocycles. The second-order valence-electron chi connectivity index (χ2n) is 7.16. The van der Waals surface area contributed by atoms with Gasteiger partial charge in [0.25, 0.3) is 0 Å². The van der Waals surface area contributed by atoms with Crippen LogP contribution in [0.1, 0.15) is 58.8 Å². The molecule has 2 aliphatic carbocycles. The van der Waals surface area contributed by atoms with Crippen LogP contribution in [0.5, 0.6) is 0 Å². The molecule has 2 fully saturated rings. The van der Waals surface area contributed by atoms with Gasteiger partial charge in [-0.2, -0.15) is 0 Å². The summed E-state index contributed by atoms with van der Waals surface area (Å²) >= 11 is 0. The first-order valence-electron chi connectivity index (χ1n) is 7.94. The van der Waals surface area contributed by atoms with E-state index in [9.17, 15) is 17.6 Å². The van der Waals surface area contributed by atoms with E-state index in [0.29, 0.717) is 0 Å². The van der Waals surface area contributed by atoms with Crippen molar-refractivity contribution in [3.8, 4) is 0 Å². The van der Waals surface area contributed by atoms with E-state index in [0.717, 1.165) is 45.4 Å². The second-order valence-corrected chi connectivity index (χ2v) is 7.16. The maximum Gasteiger partial charge on any atom is 0.245 e. The highest BCUT2D eigenvalue weighted by molar-refractivity contribution is 4.91. The SMILES string of the molecule is CC1CCC(C2CCC(CC(C)(F)F)CC2)C(F)C1F. The molecule has 4 atom stereocenters. The van der Waals surface area contributed by atoms with Crippen molar-refractivity contribution in [1.82, 2.24) is 0 Å². The Bertz CT molecular complexity index is 304. The zero-order chi connectivity index (χ0) is 14.9. The molecule has 2 aliphatic rings. The van der Waals surface area contributed by atoms with Crippen molar-refractivity contribution < 1.29 is 17.6 Å². The van der Waals surface area contributed by atoms with Crippen molar-refractivity contribution in [2.45, 2.75) is 77.1 Å². The average Bonchev–Trinajstić information content (AvgIpc) is 2.36. The molecule has 2 rings (SSSR count). The third-order valence-corrected chi connectivity index (χ3v) is 5.36. The zero-order valence-corrected chi connectivity index (χ0v) is 12.4. The molecular formula is C16H26F4. The predicted octanol–water partition coefficient (Wildman–Crippen LogP) is 5.56. The lowest BCUT2D eigenvalue weighted by atomic mass is 9.67.